The molecule has 1 N–H and O–H groups in total. The second-order valence-corrected chi connectivity index (χ2v) is 6.06. The fourth-order valence-corrected chi connectivity index (χ4v) is 2.89. The molecule has 1 aromatic heterocycles. The van der Waals surface area contributed by atoms with Crippen LogP contribution in [0.15, 0.2) is 6.07 Å². The van der Waals surface area contributed by atoms with Crippen LogP contribution in [0.4, 0.5) is 0 Å². The molecule has 1 unspecified atom stereocenters. The minimum absolute atomic E-state index is 0.661. The Morgan fingerprint density at radius 2 is 2.26 bits per heavy atom. The summed E-state index contributed by atoms with van der Waals surface area (Å²) < 4.78 is 2.05. The van der Waals surface area contributed by atoms with Gasteiger partial charge >= 0.3 is 0 Å². The number of rotatable bonds is 5. The number of aromatic nitrogens is 2. The molecule has 1 aromatic rings. The van der Waals surface area contributed by atoms with Gasteiger partial charge in [0, 0.05) is 39.3 Å². The molecule has 4 heteroatoms. The Balaban J connectivity index is 2.03. The first kappa shape index (κ1) is 14.5. The molecule has 19 heavy (non-hydrogen) atoms. The summed E-state index contributed by atoms with van der Waals surface area (Å²) in [4.78, 5) is 2.62. The van der Waals surface area contributed by atoms with E-state index in [1.54, 1.807) is 0 Å². The van der Waals surface area contributed by atoms with Crippen molar-refractivity contribution in [2.75, 3.05) is 19.6 Å². The first-order chi connectivity index (χ1) is 9.10. The van der Waals surface area contributed by atoms with Crippen LogP contribution in [-0.4, -0.2) is 40.4 Å². The lowest BCUT2D eigenvalue weighted by molar-refractivity contribution is 0.131. The Bertz CT molecular complexity index is 397. The summed E-state index contributed by atoms with van der Waals surface area (Å²) in [5.41, 5.74) is 2.54. The maximum absolute atomic E-state index is 4.55. The average molecular weight is 264 g/mol. The van der Waals surface area contributed by atoms with Crippen molar-refractivity contribution in [3.05, 3.63) is 17.5 Å². The molecule has 1 saturated heterocycles. The average Bonchev–Trinajstić information content (AvgIpc) is 2.72. The first-order valence-electron chi connectivity index (χ1n) is 7.56. The fourth-order valence-electron chi connectivity index (χ4n) is 2.89. The van der Waals surface area contributed by atoms with Crippen molar-refractivity contribution < 1.29 is 0 Å². The van der Waals surface area contributed by atoms with E-state index in [1.165, 1.54) is 17.8 Å². The highest BCUT2D eigenvalue weighted by molar-refractivity contribution is 5.10. The van der Waals surface area contributed by atoms with Gasteiger partial charge in [-0.25, -0.2) is 0 Å². The van der Waals surface area contributed by atoms with Gasteiger partial charge in [0.2, 0.25) is 0 Å². The summed E-state index contributed by atoms with van der Waals surface area (Å²) in [6.07, 6.45) is 2.29. The lowest BCUT2D eigenvalue weighted by atomic mass is 10.0. The summed E-state index contributed by atoms with van der Waals surface area (Å²) in [6.45, 7) is 11.2. The van der Waals surface area contributed by atoms with Crippen LogP contribution in [-0.2, 0) is 20.0 Å². The van der Waals surface area contributed by atoms with Crippen LogP contribution in [0.2, 0.25) is 0 Å². The molecule has 0 spiro atoms. The van der Waals surface area contributed by atoms with Crippen molar-refractivity contribution >= 4 is 0 Å². The standard InChI is InChI=1S/C15H28N4/c1-5-13-9-15(18(4)17-13)11-19-7-6-16-10-14(19)8-12(2)3/h9,12,14,16H,5-8,10-11H2,1-4H3. The van der Waals surface area contributed by atoms with E-state index in [1.807, 2.05) is 4.68 Å². The van der Waals surface area contributed by atoms with Crippen molar-refractivity contribution in [2.24, 2.45) is 13.0 Å². The quantitative estimate of drug-likeness (QED) is 0.880. The SMILES string of the molecule is CCc1cc(CN2CCNCC2CC(C)C)n(C)n1. The van der Waals surface area contributed by atoms with Gasteiger partial charge in [0.15, 0.2) is 0 Å². The van der Waals surface area contributed by atoms with Gasteiger partial charge in [-0.1, -0.05) is 20.8 Å². The molecule has 4 nitrogen and oxygen atoms in total. The van der Waals surface area contributed by atoms with Crippen molar-refractivity contribution in [1.29, 1.82) is 0 Å². The van der Waals surface area contributed by atoms with Gasteiger partial charge in [0.1, 0.15) is 0 Å². The first-order valence-corrected chi connectivity index (χ1v) is 7.56. The summed E-state index contributed by atoms with van der Waals surface area (Å²) in [7, 11) is 2.06. The Morgan fingerprint density at radius 1 is 1.47 bits per heavy atom. The van der Waals surface area contributed by atoms with Gasteiger partial charge in [0.25, 0.3) is 0 Å². The molecule has 0 saturated carbocycles. The number of hydrogen-bond donors (Lipinski definition) is 1. The maximum Gasteiger partial charge on any atom is 0.0625 e. The van der Waals surface area contributed by atoms with Gasteiger partial charge in [-0.05, 0) is 24.8 Å². The van der Waals surface area contributed by atoms with Crippen molar-refractivity contribution in [2.45, 2.75) is 46.2 Å². The number of hydrogen-bond acceptors (Lipinski definition) is 3. The summed E-state index contributed by atoms with van der Waals surface area (Å²) in [6, 6.07) is 2.92. The lowest BCUT2D eigenvalue weighted by Gasteiger charge is -2.37. The Hall–Kier alpha value is -0.870. The van der Waals surface area contributed by atoms with Gasteiger partial charge in [-0.2, -0.15) is 5.10 Å². The van der Waals surface area contributed by atoms with Crippen molar-refractivity contribution in [1.82, 2.24) is 20.0 Å². The van der Waals surface area contributed by atoms with Gasteiger partial charge < -0.3 is 5.32 Å². The summed E-state index contributed by atoms with van der Waals surface area (Å²) in [5.74, 6) is 0.755. The Morgan fingerprint density at radius 3 is 2.89 bits per heavy atom. The number of nitrogens with zero attached hydrogens (tertiary/aromatic N) is 3. The molecule has 2 rings (SSSR count). The van der Waals surface area contributed by atoms with E-state index in [4.69, 9.17) is 0 Å². The van der Waals surface area contributed by atoms with Crippen LogP contribution in [0.25, 0.3) is 0 Å². The van der Waals surface area contributed by atoms with E-state index in [0.717, 1.165) is 38.5 Å². The maximum atomic E-state index is 4.55. The lowest BCUT2D eigenvalue weighted by Crippen LogP contribution is -2.51. The molecule has 0 amide bonds. The highest BCUT2D eigenvalue weighted by Gasteiger charge is 2.23. The summed E-state index contributed by atoms with van der Waals surface area (Å²) >= 11 is 0. The summed E-state index contributed by atoms with van der Waals surface area (Å²) in [5, 5.41) is 8.08. The molecule has 2 heterocycles. The third-order valence-electron chi connectivity index (χ3n) is 3.97. The van der Waals surface area contributed by atoms with E-state index in [-0.39, 0.29) is 0 Å². The predicted molar refractivity (Wildman–Crippen MR) is 79.1 cm³/mol. The molecule has 1 aliphatic heterocycles. The highest BCUT2D eigenvalue weighted by atomic mass is 15.3. The molecule has 0 aromatic carbocycles. The third-order valence-corrected chi connectivity index (χ3v) is 3.97. The minimum atomic E-state index is 0.661. The number of nitrogens with one attached hydrogen (secondary N) is 1. The van der Waals surface area contributed by atoms with E-state index >= 15 is 0 Å². The van der Waals surface area contributed by atoms with E-state index in [0.29, 0.717) is 6.04 Å². The van der Waals surface area contributed by atoms with E-state index in [2.05, 4.69) is 49.2 Å². The molecule has 1 aliphatic rings. The molecule has 0 radical (unpaired) electrons. The molecule has 108 valence electrons. The second kappa shape index (κ2) is 6.53. The molecule has 1 fully saturated rings. The van der Waals surface area contributed by atoms with Gasteiger partial charge in [0.05, 0.1) is 11.4 Å². The van der Waals surface area contributed by atoms with E-state index < -0.39 is 0 Å². The third kappa shape index (κ3) is 3.80. The van der Waals surface area contributed by atoms with Gasteiger partial charge in [-0.15, -0.1) is 0 Å². The predicted octanol–water partition coefficient (Wildman–Crippen LogP) is 1.80. The largest absolute Gasteiger partial charge is 0.314 e. The van der Waals surface area contributed by atoms with Crippen LogP contribution in [0.3, 0.4) is 0 Å². The molecule has 0 aliphatic carbocycles. The second-order valence-electron chi connectivity index (χ2n) is 6.06. The zero-order valence-corrected chi connectivity index (χ0v) is 12.8. The zero-order valence-electron chi connectivity index (χ0n) is 12.8. The fraction of sp³-hybridized carbons (Fsp3) is 0.800. The van der Waals surface area contributed by atoms with Crippen LogP contribution < -0.4 is 5.32 Å². The van der Waals surface area contributed by atoms with Crippen molar-refractivity contribution in [3.63, 3.8) is 0 Å². The molecule has 1 atom stereocenters. The molecular formula is C15H28N4. The highest BCUT2D eigenvalue weighted by Crippen LogP contribution is 2.17. The van der Waals surface area contributed by atoms with E-state index in [9.17, 15) is 0 Å². The minimum Gasteiger partial charge on any atom is -0.314 e. The van der Waals surface area contributed by atoms with Crippen LogP contribution >= 0.6 is 0 Å². The Kier molecular flexibility index (Phi) is 4.99. The normalized spacial score (nSPS) is 21.2. The molecule has 0 bridgehead atoms. The topological polar surface area (TPSA) is 33.1 Å². The number of piperazine rings is 1. The number of aryl methyl sites for hydroxylation is 2. The Labute approximate surface area is 117 Å². The van der Waals surface area contributed by atoms with Crippen molar-refractivity contribution in [3.8, 4) is 0 Å². The van der Waals surface area contributed by atoms with Crippen LogP contribution in [0.5, 0.6) is 0 Å². The monoisotopic (exact) mass is 264 g/mol. The van der Waals surface area contributed by atoms with Gasteiger partial charge in [-0.3, -0.25) is 9.58 Å². The zero-order chi connectivity index (χ0) is 13.8. The van der Waals surface area contributed by atoms with Crippen LogP contribution in [0, 0.1) is 5.92 Å². The van der Waals surface area contributed by atoms with Crippen LogP contribution in [0.1, 0.15) is 38.6 Å². The smallest absolute Gasteiger partial charge is 0.0625 e. The molecular weight excluding hydrogens is 236 g/mol.